The van der Waals surface area contributed by atoms with Gasteiger partial charge in [-0.05, 0) is 48.6 Å². The van der Waals surface area contributed by atoms with E-state index in [2.05, 4.69) is 26.0 Å². The van der Waals surface area contributed by atoms with Crippen LogP contribution in [0.4, 0.5) is 0 Å². The second-order valence-corrected chi connectivity index (χ2v) is 6.75. The Hall–Kier alpha value is -2.55. The Bertz CT molecular complexity index is 891. The van der Waals surface area contributed by atoms with Gasteiger partial charge in [0.05, 0.1) is 12.6 Å². The van der Waals surface area contributed by atoms with E-state index in [1.54, 1.807) is 7.11 Å². The summed E-state index contributed by atoms with van der Waals surface area (Å²) >= 11 is 0. The third-order valence-electron chi connectivity index (χ3n) is 4.76. The van der Waals surface area contributed by atoms with Gasteiger partial charge in [0.25, 0.3) is 0 Å². The molecule has 3 aromatic rings. The van der Waals surface area contributed by atoms with E-state index in [1.807, 2.05) is 47.9 Å². The van der Waals surface area contributed by atoms with Crippen LogP contribution >= 0.6 is 0 Å². The molecule has 0 bridgehead atoms. The number of carbonyl (C=O) groups is 1. The lowest BCUT2D eigenvalue weighted by Gasteiger charge is -2.09. The summed E-state index contributed by atoms with van der Waals surface area (Å²) in [7, 11) is 1.67. The second-order valence-electron chi connectivity index (χ2n) is 6.75. The summed E-state index contributed by atoms with van der Waals surface area (Å²) < 4.78 is 7.26. The Morgan fingerprint density at radius 1 is 1.12 bits per heavy atom. The van der Waals surface area contributed by atoms with Gasteiger partial charge in [0.15, 0.2) is 0 Å². The minimum atomic E-state index is 0.142. The van der Waals surface area contributed by atoms with E-state index in [0.717, 1.165) is 28.8 Å². The molecule has 130 valence electrons. The van der Waals surface area contributed by atoms with E-state index in [1.165, 1.54) is 11.1 Å². The molecule has 0 spiro atoms. The first kappa shape index (κ1) is 17.3. The maximum atomic E-state index is 13.0. The molecule has 0 N–H and O–H groups in total. The molecule has 0 fully saturated rings. The Labute approximate surface area is 149 Å². The number of nitrogens with zero attached hydrogens (tertiary/aromatic N) is 1. The average Bonchev–Trinajstić information content (AvgIpc) is 2.91. The molecule has 0 unspecified atom stereocenters. The molecular weight excluding hydrogens is 310 g/mol. The molecule has 1 aromatic heterocycles. The lowest BCUT2D eigenvalue weighted by atomic mass is 10.00. The van der Waals surface area contributed by atoms with Crippen LogP contribution in [0.3, 0.4) is 0 Å². The van der Waals surface area contributed by atoms with Crippen LogP contribution < -0.4 is 4.74 Å². The van der Waals surface area contributed by atoms with Crippen molar-refractivity contribution in [1.29, 1.82) is 0 Å². The van der Waals surface area contributed by atoms with Gasteiger partial charge >= 0.3 is 0 Å². The van der Waals surface area contributed by atoms with Crippen molar-refractivity contribution < 1.29 is 9.53 Å². The van der Waals surface area contributed by atoms with Crippen LogP contribution in [0.1, 0.15) is 47.8 Å². The number of hydrogen-bond acceptors (Lipinski definition) is 2. The predicted molar refractivity (Wildman–Crippen MR) is 103 cm³/mol. The van der Waals surface area contributed by atoms with Crippen molar-refractivity contribution >= 4 is 16.8 Å². The number of hydrogen-bond donors (Lipinski definition) is 0. The molecule has 25 heavy (non-hydrogen) atoms. The van der Waals surface area contributed by atoms with Crippen molar-refractivity contribution in [2.75, 3.05) is 7.11 Å². The van der Waals surface area contributed by atoms with Gasteiger partial charge in [-0.3, -0.25) is 9.36 Å². The van der Waals surface area contributed by atoms with E-state index in [9.17, 15) is 4.79 Å². The summed E-state index contributed by atoms with van der Waals surface area (Å²) in [4.78, 5) is 13.0. The Morgan fingerprint density at radius 2 is 1.84 bits per heavy atom. The van der Waals surface area contributed by atoms with Crippen LogP contribution in [0.2, 0.25) is 0 Å². The highest BCUT2D eigenvalue weighted by molar-refractivity contribution is 5.97. The van der Waals surface area contributed by atoms with Crippen molar-refractivity contribution in [2.45, 2.75) is 39.5 Å². The Morgan fingerprint density at radius 3 is 2.48 bits per heavy atom. The number of fused-ring (bicyclic) bond motifs is 1. The molecule has 0 saturated heterocycles. The average molecular weight is 335 g/mol. The number of rotatable bonds is 5. The first-order valence-corrected chi connectivity index (χ1v) is 8.79. The van der Waals surface area contributed by atoms with Gasteiger partial charge in [0.1, 0.15) is 5.75 Å². The largest absolute Gasteiger partial charge is 0.497 e. The summed E-state index contributed by atoms with van der Waals surface area (Å²) in [5, 5.41) is 1.11. The molecule has 1 heterocycles. The molecule has 0 aliphatic carbocycles. The number of aryl methyl sites for hydroxylation is 1. The third kappa shape index (κ3) is 3.32. The van der Waals surface area contributed by atoms with Gasteiger partial charge in [-0.15, -0.1) is 0 Å². The summed E-state index contributed by atoms with van der Waals surface area (Å²) in [5.41, 5.74) is 4.43. The fourth-order valence-electron chi connectivity index (χ4n) is 3.61. The summed E-state index contributed by atoms with van der Waals surface area (Å²) in [6.07, 6.45) is 1.25. The van der Waals surface area contributed by atoms with Crippen molar-refractivity contribution in [2.24, 2.45) is 0 Å². The molecule has 0 radical (unpaired) electrons. The van der Waals surface area contributed by atoms with Crippen LogP contribution in [-0.2, 0) is 6.42 Å². The van der Waals surface area contributed by atoms with Gasteiger partial charge in [-0.25, -0.2) is 0 Å². The van der Waals surface area contributed by atoms with Crippen molar-refractivity contribution in [3.63, 3.8) is 0 Å². The predicted octanol–water partition coefficient (Wildman–Crippen LogP) is 5.35. The molecule has 3 heteroatoms. The van der Waals surface area contributed by atoms with E-state index in [0.29, 0.717) is 12.3 Å². The van der Waals surface area contributed by atoms with Crippen LogP contribution in [0, 0.1) is 6.92 Å². The van der Waals surface area contributed by atoms with Crippen molar-refractivity contribution in [3.05, 3.63) is 65.4 Å². The minimum absolute atomic E-state index is 0.142. The standard InChI is InChI=1S/C22H25NO2/c1-15(2)22-16(3)23(20-12-11-18(25-4)14-19(20)22)21(24)13-10-17-8-6-5-7-9-17/h5-9,11-12,14-15H,10,13H2,1-4H3. The van der Waals surface area contributed by atoms with E-state index < -0.39 is 0 Å². The molecule has 3 nitrogen and oxygen atoms in total. The van der Waals surface area contributed by atoms with Crippen molar-refractivity contribution in [1.82, 2.24) is 4.57 Å². The van der Waals surface area contributed by atoms with Gasteiger partial charge in [-0.2, -0.15) is 0 Å². The topological polar surface area (TPSA) is 31.2 Å². The molecule has 0 amide bonds. The fraction of sp³-hybridized carbons (Fsp3) is 0.318. The molecule has 0 atom stereocenters. The number of carbonyl (C=O) groups excluding carboxylic acids is 1. The summed E-state index contributed by atoms with van der Waals surface area (Å²) in [5.74, 6) is 1.31. The number of aromatic nitrogens is 1. The van der Waals surface area contributed by atoms with Crippen LogP contribution in [-0.4, -0.2) is 17.6 Å². The maximum absolute atomic E-state index is 13.0. The highest BCUT2D eigenvalue weighted by atomic mass is 16.5. The lowest BCUT2D eigenvalue weighted by molar-refractivity contribution is 0.0906. The molecule has 0 aliphatic heterocycles. The van der Waals surface area contributed by atoms with E-state index in [-0.39, 0.29) is 5.91 Å². The molecule has 3 rings (SSSR count). The van der Waals surface area contributed by atoms with E-state index >= 15 is 0 Å². The smallest absolute Gasteiger partial charge is 0.231 e. The Kier molecular flexibility index (Phi) is 4.93. The molecule has 2 aromatic carbocycles. The van der Waals surface area contributed by atoms with Crippen molar-refractivity contribution in [3.8, 4) is 5.75 Å². The first-order valence-electron chi connectivity index (χ1n) is 8.79. The number of ether oxygens (including phenoxy) is 1. The highest BCUT2D eigenvalue weighted by Gasteiger charge is 2.20. The zero-order chi connectivity index (χ0) is 18.0. The third-order valence-corrected chi connectivity index (χ3v) is 4.76. The SMILES string of the molecule is COc1ccc2c(c1)c(C(C)C)c(C)n2C(=O)CCc1ccccc1. The van der Waals surface area contributed by atoms with Crippen LogP contribution in [0.15, 0.2) is 48.5 Å². The first-order chi connectivity index (χ1) is 12.0. The maximum Gasteiger partial charge on any atom is 0.231 e. The van der Waals surface area contributed by atoms with E-state index in [4.69, 9.17) is 4.74 Å². The number of methoxy groups -OCH3 is 1. The highest BCUT2D eigenvalue weighted by Crippen LogP contribution is 2.34. The van der Waals surface area contributed by atoms with Gasteiger partial charge in [0.2, 0.25) is 5.91 Å². The monoisotopic (exact) mass is 335 g/mol. The Balaban J connectivity index is 2.00. The zero-order valence-electron chi connectivity index (χ0n) is 15.4. The van der Waals surface area contributed by atoms with Gasteiger partial charge in [-0.1, -0.05) is 44.2 Å². The summed E-state index contributed by atoms with van der Waals surface area (Å²) in [6, 6.07) is 16.1. The van der Waals surface area contributed by atoms with Crippen LogP contribution in [0.25, 0.3) is 10.9 Å². The number of benzene rings is 2. The van der Waals surface area contributed by atoms with Crippen LogP contribution in [0.5, 0.6) is 5.75 Å². The summed E-state index contributed by atoms with van der Waals surface area (Å²) in [6.45, 7) is 6.38. The fourth-order valence-corrected chi connectivity index (χ4v) is 3.61. The lowest BCUT2D eigenvalue weighted by Crippen LogP contribution is -2.13. The molecule has 0 saturated carbocycles. The quantitative estimate of drug-likeness (QED) is 0.629. The minimum Gasteiger partial charge on any atom is -0.497 e. The molecule has 0 aliphatic rings. The zero-order valence-corrected chi connectivity index (χ0v) is 15.4. The molecular formula is C22H25NO2. The van der Waals surface area contributed by atoms with Gasteiger partial charge < -0.3 is 4.74 Å². The van der Waals surface area contributed by atoms with Gasteiger partial charge in [0, 0.05) is 17.5 Å². The normalized spacial score (nSPS) is 11.2. The second kappa shape index (κ2) is 7.14.